The molecule has 8 heteroatoms. The van der Waals surface area contributed by atoms with Gasteiger partial charge in [-0.05, 0) is 31.0 Å². The Morgan fingerprint density at radius 3 is 3.12 bits per heavy atom. The molecule has 0 radical (unpaired) electrons. The molecular weight excluding hydrogens is 350 g/mol. The van der Waals surface area contributed by atoms with E-state index in [1.165, 1.54) is 12.4 Å². The Morgan fingerprint density at radius 1 is 1.38 bits per heavy atom. The van der Waals surface area contributed by atoms with Crippen molar-refractivity contribution in [3.63, 3.8) is 0 Å². The zero-order valence-corrected chi connectivity index (χ0v) is 15.2. The third kappa shape index (κ3) is 3.45. The minimum Gasteiger partial charge on any atom is -0.497 e. The van der Waals surface area contributed by atoms with E-state index >= 15 is 0 Å². The van der Waals surface area contributed by atoms with Crippen molar-refractivity contribution >= 4 is 32.6 Å². The number of methoxy groups -OCH3 is 1. The second-order valence-corrected chi connectivity index (χ2v) is 7.19. The first-order valence-electron chi connectivity index (χ1n) is 8.49. The van der Waals surface area contributed by atoms with Crippen LogP contribution in [0.15, 0.2) is 36.8 Å². The summed E-state index contributed by atoms with van der Waals surface area (Å²) in [6.45, 7) is 1.68. The Hall–Kier alpha value is -2.74. The summed E-state index contributed by atoms with van der Waals surface area (Å²) < 4.78 is 6.39. The fourth-order valence-electron chi connectivity index (χ4n) is 3.10. The molecular formula is C18H19N5O2S. The molecule has 1 amide bonds. The Bertz CT molecular complexity index is 914. The highest BCUT2D eigenvalue weighted by Crippen LogP contribution is 2.32. The number of fused-ring (bicyclic) bond motifs is 1. The largest absolute Gasteiger partial charge is 0.497 e. The van der Waals surface area contributed by atoms with Crippen LogP contribution >= 0.6 is 11.3 Å². The number of amides is 1. The van der Waals surface area contributed by atoms with Gasteiger partial charge >= 0.3 is 0 Å². The first-order valence-corrected chi connectivity index (χ1v) is 9.31. The number of piperidine rings is 1. The molecule has 0 spiro atoms. The van der Waals surface area contributed by atoms with Gasteiger partial charge in [-0.15, -0.1) is 0 Å². The highest BCUT2D eigenvalue weighted by Gasteiger charge is 2.24. The van der Waals surface area contributed by atoms with Crippen molar-refractivity contribution in [1.82, 2.24) is 20.3 Å². The summed E-state index contributed by atoms with van der Waals surface area (Å²) in [5.41, 5.74) is 1.31. The summed E-state index contributed by atoms with van der Waals surface area (Å²) in [7, 11) is 1.66. The van der Waals surface area contributed by atoms with Crippen molar-refractivity contribution in [3.05, 3.63) is 42.5 Å². The van der Waals surface area contributed by atoms with E-state index in [1.54, 1.807) is 24.6 Å². The lowest BCUT2D eigenvalue weighted by Crippen LogP contribution is -2.48. The van der Waals surface area contributed by atoms with Gasteiger partial charge in [-0.25, -0.2) is 9.97 Å². The van der Waals surface area contributed by atoms with E-state index in [1.807, 2.05) is 18.2 Å². The van der Waals surface area contributed by atoms with Crippen LogP contribution in [0, 0.1) is 0 Å². The maximum absolute atomic E-state index is 12.3. The van der Waals surface area contributed by atoms with E-state index in [9.17, 15) is 4.79 Å². The zero-order valence-electron chi connectivity index (χ0n) is 14.4. The van der Waals surface area contributed by atoms with Crippen LogP contribution in [0.1, 0.15) is 23.3 Å². The lowest BCUT2D eigenvalue weighted by molar-refractivity contribution is 0.0927. The summed E-state index contributed by atoms with van der Waals surface area (Å²) in [6.07, 6.45) is 6.52. The number of thiazole rings is 1. The number of hydrogen-bond acceptors (Lipinski definition) is 7. The SMILES string of the molecule is COc1ccc2nc(N3CCCC(NC(=O)c4cnccn4)C3)sc2c1. The number of nitrogens with zero attached hydrogens (tertiary/aromatic N) is 4. The number of anilines is 1. The van der Waals surface area contributed by atoms with Gasteiger partial charge in [-0.2, -0.15) is 0 Å². The van der Waals surface area contributed by atoms with E-state index in [0.717, 1.165) is 47.0 Å². The predicted molar refractivity (Wildman–Crippen MR) is 101 cm³/mol. The molecule has 1 N–H and O–H groups in total. The zero-order chi connectivity index (χ0) is 17.9. The lowest BCUT2D eigenvalue weighted by atomic mass is 10.1. The fourth-order valence-corrected chi connectivity index (χ4v) is 4.13. The molecule has 134 valence electrons. The van der Waals surface area contributed by atoms with Gasteiger partial charge in [0.15, 0.2) is 5.13 Å². The van der Waals surface area contributed by atoms with Crippen molar-refractivity contribution in [2.75, 3.05) is 25.1 Å². The van der Waals surface area contributed by atoms with Crippen LogP contribution in [0.25, 0.3) is 10.2 Å². The highest BCUT2D eigenvalue weighted by atomic mass is 32.1. The van der Waals surface area contributed by atoms with E-state index in [2.05, 4.69) is 20.2 Å². The van der Waals surface area contributed by atoms with Gasteiger partial charge in [0.1, 0.15) is 11.4 Å². The first kappa shape index (κ1) is 16.7. The minimum absolute atomic E-state index is 0.0693. The van der Waals surface area contributed by atoms with Gasteiger partial charge in [0, 0.05) is 31.5 Å². The average Bonchev–Trinajstić information content (AvgIpc) is 3.12. The molecule has 1 aliphatic rings. The maximum Gasteiger partial charge on any atom is 0.271 e. The molecule has 26 heavy (non-hydrogen) atoms. The first-order chi connectivity index (χ1) is 12.7. The summed E-state index contributed by atoms with van der Waals surface area (Å²) in [6, 6.07) is 5.98. The van der Waals surface area contributed by atoms with Crippen LogP contribution in [0.3, 0.4) is 0 Å². The number of carbonyl (C=O) groups is 1. The van der Waals surface area contributed by atoms with E-state index in [-0.39, 0.29) is 11.9 Å². The van der Waals surface area contributed by atoms with Crippen molar-refractivity contribution in [2.24, 2.45) is 0 Å². The molecule has 3 heterocycles. The summed E-state index contributed by atoms with van der Waals surface area (Å²) in [4.78, 5) is 27.3. The summed E-state index contributed by atoms with van der Waals surface area (Å²) in [5, 5.41) is 4.04. The Balaban J connectivity index is 1.47. The standard InChI is InChI=1S/C18H19N5O2S/c1-25-13-4-5-14-16(9-13)26-18(22-14)23-8-2-3-12(11-23)21-17(24)15-10-19-6-7-20-15/h4-7,9-10,12H,2-3,8,11H2,1H3,(H,21,24). The summed E-state index contributed by atoms with van der Waals surface area (Å²) >= 11 is 1.65. The number of rotatable bonds is 4. The van der Waals surface area contributed by atoms with Crippen molar-refractivity contribution in [1.29, 1.82) is 0 Å². The fraction of sp³-hybridized carbons (Fsp3) is 0.333. The smallest absolute Gasteiger partial charge is 0.271 e. The van der Waals surface area contributed by atoms with Crippen LogP contribution in [0.5, 0.6) is 5.75 Å². The molecule has 1 aromatic carbocycles. The van der Waals surface area contributed by atoms with Crippen LogP contribution < -0.4 is 15.0 Å². The monoisotopic (exact) mass is 369 g/mol. The van der Waals surface area contributed by atoms with E-state index < -0.39 is 0 Å². The Labute approximate surface area is 155 Å². The van der Waals surface area contributed by atoms with Gasteiger partial charge in [-0.3, -0.25) is 9.78 Å². The highest BCUT2D eigenvalue weighted by molar-refractivity contribution is 7.22. The molecule has 3 aromatic rings. The molecule has 1 saturated heterocycles. The van der Waals surface area contributed by atoms with Gasteiger partial charge in [0.2, 0.25) is 0 Å². The molecule has 1 atom stereocenters. The van der Waals surface area contributed by atoms with E-state index in [0.29, 0.717) is 5.69 Å². The number of carbonyl (C=O) groups excluding carboxylic acids is 1. The van der Waals surface area contributed by atoms with Gasteiger partial charge in [0.05, 0.1) is 23.5 Å². The molecule has 4 rings (SSSR count). The van der Waals surface area contributed by atoms with Gasteiger partial charge in [0.25, 0.3) is 5.91 Å². The number of aromatic nitrogens is 3. The topological polar surface area (TPSA) is 80.2 Å². The number of hydrogen-bond donors (Lipinski definition) is 1. The average molecular weight is 369 g/mol. The van der Waals surface area contributed by atoms with Crippen molar-refractivity contribution in [2.45, 2.75) is 18.9 Å². The van der Waals surface area contributed by atoms with Crippen LogP contribution in [0.2, 0.25) is 0 Å². The maximum atomic E-state index is 12.3. The Kier molecular flexibility index (Phi) is 4.66. The molecule has 1 fully saturated rings. The van der Waals surface area contributed by atoms with Gasteiger partial charge < -0.3 is 15.0 Å². The molecule has 0 bridgehead atoms. The molecule has 7 nitrogen and oxygen atoms in total. The molecule has 0 aliphatic carbocycles. The normalized spacial score (nSPS) is 17.3. The second-order valence-electron chi connectivity index (χ2n) is 6.18. The Morgan fingerprint density at radius 2 is 2.31 bits per heavy atom. The number of ether oxygens (including phenoxy) is 1. The third-order valence-electron chi connectivity index (χ3n) is 4.41. The predicted octanol–water partition coefficient (Wildman–Crippen LogP) is 2.49. The second kappa shape index (κ2) is 7.25. The van der Waals surface area contributed by atoms with Crippen molar-refractivity contribution < 1.29 is 9.53 Å². The quantitative estimate of drug-likeness (QED) is 0.761. The van der Waals surface area contributed by atoms with Crippen LogP contribution in [0.4, 0.5) is 5.13 Å². The number of benzene rings is 1. The minimum atomic E-state index is -0.181. The molecule has 0 saturated carbocycles. The van der Waals surface area contributed by atoms with Crippen LogP contribution in [-0.4, -0.2) is 47.1 Å². The van der Waals surface area contributed by atoms with E-state index in [4.69, 9.17) is 9.72 Å². The molecule has 2 aromatic heterocycles. The lowest BCUT2D eigenvalue weighted by Gasteiger charge is -2.32. The van der Waals surface area contributed by atoms with Gasteiger partial charge in [-0.1, -0.05) is 11.3 Å². The van der Waals surface area contributed by atoms with Crippen molar-refractivity contribution in [3.8, 4) is 5.75 Å². The third-order valence-corrected chi connectivity index (χ3v) is 5.49. The molecule has 1 unspecified atom stereocenters. The van der Waals surface area contributed by atoms with Crippen LogP contribution in [-0.2, 0) is 0 Å². The number of nitrogens with one attached hydrogen (secondary N) is 1. The summed E-state index contributed by atoms with van der Waals surface area (Å²) in [5.74, 6) is 0.652. The molecule has 1 aliphatic heterocycles.